The minimum absolute atomic E-state index is 0.0819. The highest BCUT2D eigenvalue weighted by atomic mass is 32.1. The lowest BCUT2D eigenvalue weighted by molar-refractivity contribution is 0.103. The van der Waals surface area contributed by atoms with Gasteiger partial charge in [0.25, 0.3) is 5.91 Å². The average Bonchev–Trinajstić information content (AvgIpc) is 3.19. The van der Waals surface area contributed by atoms with E-state index in [1.54, 1.807) is 11.3 Å². The second kappa shape index (κ2) is 5.99. The van der Waals surface area contributed by atoms with Gasteiger partial charge in [-0.05, 0) is 44.9 Å². The fourth-order valence-electron chi connectivity index (χ4n) is 2.66. The molecule has 0 aromatic carbocycles. The third-order valence-corrected chi connectivity index (χ3v) is 5.15. The first-order valence-electron chi connectivity index (χ1n) is 7.37. The summed E-state index contributed by atoms with van der Waals surface area (Å²) < 4.78 is 0. The van der Waals surface area contributed by atoms with Gasteiger partial charge < -0.3 is 10.6 Å². The van der Waals surface area contributed by atoms with E-state index >= 15 is 0 Å². The van der Waals surface area contributed by atoms with Gasteiger partial charge in [-0.3, -0.25) is 9.89 Å². The zero-order valence-electron chi connectivity index (χ0n) is 12.3. The van der Waals surface area contributed by atoms with Gasteiger partial charge in [-0.25, -0.2) is 0 Å². The van der Waals surface area contributed by atoms with Crippen molar-refractivity contribution in [3.05, 3.63) is 33.1 Å². The normalized spacial score (nSPS) is 18.1. The smallest absolute Gasteiger partial charge is 0.266 e. The Balaban J connectivity index is 1.71. The number of rotatable bonds is 4. The molecule has 112 valence electrons. The van der Waals surface area contributed by atoms with Crippen LogP contribution in [-0.4, -0.2) is 22.6 Å². The van der Waals surface area contributed by atoms with Crippen LogP contribution in [0.1, 0.15) is 51.6 Å². The van der Waals surface area contributed by atoms with E-state index in [2.05, 4.69) is 33.8 Å². The fraction of sp³-hybridized carbons (Fsp3) is 0.467. The van der Waals surface area contributed by atoms with E-state index in [9.17, 15) is 4.79 Å². The molecule has 0 spiro atoms. The Morgan fingerprint density at radius 3 is 3.05 bits per heavy atom. The zero-order valence-corrected chi connectivity index (χ0v) is 13.1. The molecule has 1 aliphatic rings. The molecule has 0 bridgehead atoms. The molecule has 0 aliphatic carbocycles. The summed E-state index contributed by atoms with van der Waals surface area (Å²) in [5.41, 5.74) is 2.08. The molecule has 2 aromatic rings. The van der Waals surface area contributed by atoms with Crippen LogP contribution in [0, 0.1) is 6.92 Å². The van der Waals surface area contributed by atoms with E-state index < -0.39 is 0 Å². The predicted molar refractivity (Wildman–Crippen MR) is 85.0 cm³/mol. The summed E-state index contributed by atoms with van der Waals surface area (Å²) >= 11 is 1.56. The van der Waals surface area contributed by atoms with Crippen LogP contribution in [0.5, 0.6) is 0 Å². The number of nitrogens with zero attached hydrogens (tertiary/aromatic N) is 1. The third kappa shape index (κ3) is 2.87. The Hall–Kier alpha value is -1.66. The van der Waals surface area contributed by atoms with Crippen LogP contribution in [0.2, 0.25) is 0 Å². The number of aromatic amines is 1. The number of hydrogen-bond acceptors (Lipinski definition) is 4. The second-order valence-electron chi connectivity index (χ2n) is 5.33. The highest BCUT2D eigenvalue weighted by Gasteiger charge is 2.20. The number of aryl methyl sites for hydroxylation is 1. The molecular formula is C15H20N4OS. The predicted octanol–water partition coefficient (Wildman–Crippen LogP) is 3.02. The molecule has 3 N–H and O–H groups in total. The largest absolute Gasteiger partial charge is 0.309 e. The van der Waals surface area contributed by atoms with E-state index in [0.29, 0.717) is 11.9 Å². The average molecular weight is 304 g/mol. The van der Waals surface area contributed by atoms with Crippen molar-refractivity contribution in [2.75, 3.05) is 11.9 Å². The van der Waals surface area contributed by atoms with Gasteiger partial charge in [-0.2, -0.15) is 5.10 Å². The summed E-state index contributed by atoms with van der Waals surface area (Å²) in [6.45, 7) is 5.10. The molecule has 0 radical (unpaired) electrons. The van der Waals surface area contributed by atoms with Gasteiger partial charge in [0, 0.05) is 22.2 Å². The number of amides is 1. The molecule has 1 aliphatic heterocycles. The molecule has 0 saturated carbocycles. The summed E-state index contributed by atoms with van der Waals surface area (Å²) in [6, 6.07) is 4.37. The lowest BCUT2D eigenvalue weighted by atomic mass is 10.2. The molecule has 1 fully saturated rings. The number of carbonyl (C=O) groups excluding carboxylic acids is 1. The number of thiophene rings is 1. The summed E-state index contributed by atoms with van der Waals surface area (Å²) in [6.07, 6.45) is 3.24. The molecule has 1 saturated heterocycles. The maximum Gasteiger partial charge on any atom is 0.266 e. The van der Waals surface area contributed by atoms with Gasteiger partial charge in [-0.1, -0.05) is 6.92 Å². The lowest BCUT2D eigenvalue weighted by Crippen LogP contribution is -2.12. The van der Waals surface area contributed by atoms with E-state index in [4.69, 9.17) is 0 Å². The molecular weight excluding hydrogens is 284 g/mol. The van der Waals surface area contributed by atoms with Crippen LogP contribution in [0.3, 0.4) is 0 Å². The van der Waals surface area contributed by atoms with Gasteiger partial charge in [0.2, 0.25) is 0 Å². The van der Waals surface area contributed by atoms with Gasteiger partial charge in [0.05, 0.1) is 4.88 Å². The van der Waals surface area contributed by atoms with Crippen molar-refractivity contribution in [3.8, 4) is 0 Å². The number of aromatic nitrogens is 2. The van der Waals surface area contributed by atoms with Crippen LogP contribution < -0.4 is 10.6 Å². The molecule has 5 nitrogen and oxygen atoms in total. The Morgan fingerprint density at radius 2 is 2.38 bits per heavy atom. The van der Waals surface area contributed by atoms with E-state index in [0.717, 1.165) is 35.5 Å². The Bertz CT molecular complexity index is 640. The highest BCUT2D eigenvalue weighted by molar-refractivity contribution is 7.14. The molecule has 21 heavy (non-hydrogen) atoms. The first-order chi connectivity index (χ1) is 10.2. The van der Waals surface area contributed by atoms with Crippen LogP contribution in [-0.2, 0) is 6.42 Å². The summed E-state index contributed by atoms with van der Waals surface area (Å²) in [4.78, 5) is 14.3. The van der Waals surface area contributed by atoms with Crippen molar-refractivity contribution in [1.29, 1.82) is 0 Å². The SMILES string of the molecule is CCc1[nH]nc(NC(=O)c2ccc([C@@H]3CCCN3)s2)c1C. The van der Waals surface area contributed by atoms with Crippen LogP contribution >= 0.6 is 11.3 Å². The first-order valence-corrected chi connectivity index (χ1v) is 8.19. The zero-order chi connectivity index (χ0) is 14.8. The van der Waals surface area contributed by atoms with Gasteiger partial charge in [-0.15, -0.1) is 11.3 Å². The molecule has 6 heteroatoms. The Labute approximate surface area is 128 Å². The number of nitrogens with one attached hydrogen (secondary N) is 3. The van der Waals surface area contributed by atoms with E-state index in [-0.39, 0.29) is 5.91 Å². The molecule has 1 atom stereocenters. The molecule has 0 unspecified atom stereocenters. The maximum atomic E-state index is 12.3. The third-order valence-electron chi connectivity index (χ3n) is 3.95. The summed E-state index contributed by atoms with van der Waals surface area (Å²) in [5, 5.41) is 13.5. The topological polar surface area (TPSA) is 69.8 Å². The van der Waals surface area contributed by atoms with Crippen molar-refractivity contribution in [1.82, 2.24) is 15.5 Å². The van der Waals surface area contributed by atoms with Crippen molar-refractivity contribution in [3.63, 3.8) is 0 Å². The molecule has 1 amide bonds. The maximum absolute atomic E-state index is 12.3. The van der Waals surface area contributed by atoms with Crippen LogP contribution in [0.4, 0.5) is 5.82 Å². The summed E-state index contributed by atoms with van der Waals surface area (Å²) in [7, 11) is 0. The van der Waals surface area contributed by atoms with Crippen molar-refractivity contribution in [2.45, 2.75) is 39.2 Å². The van der Waals surface area contributed by atoms with Crippen molar-refractivity contribution < 1.29 is 4.79 Å². The highest BCUT2D eigenvalue weighted by Crippen LogP contribution is 2.29. The first kappa shape index (κ1) is 14.3. The molecule has 2 aromatic heterocycles. The van der Waals surface area contributed by atoms with E-state index in [1.807, 2.05) is 13.0 Å². The molecule has 3 rings (SSSR count). The fourth-order valence-corrected chi connectivity index (χ4v) is 3.67. The Kier molecular flexibility index (Phi) is 4.07. The van der Waals surface area contributed by atoms with Crippen molar-refractivity contribution >= 4 is 23.1 Å². The van der Waals surface area contributed by atoms with Crippen molar-refractivity contribution in [2.24, 2.45) is 0 Å². The number of anilines is 1. The van der Waals surface area contributed by atoms with Gasteiger partial charge in [0.1, 0.15) is 0 Å². The standard InChI is InChI=1S/C15H20N4OS/c1-3-10-9(2)14(19-18-10)17-15(20)13-7-6-12(21-13)11-5-4-8-16-11/h6-7,11,16H,3-5,8H2,1-2H3,(H2,17,18,19,20)/t11-/m0/s1. The van der Waals surface area contributed by atoms with Gasteiger partial charge in [0.15, 0.2) is 5.82 Å². The minimum Gasteiger partial charge on any atom is -0.309 e. The number of H-pyrrole nitrogens is 1. The summed E-state index contributed by atoms with van der Waals surface area (Å²) in [5.74, 6) is 0.548. The quantitative estimate of drug-likeness (QED) is 0.813. The lowest BCUT2D eigenvalue weighted by Gasteiger charge is -2.06. The molecule has 3 heterocycles. The van der Waals surface area contributed by atoms with Gasteiger partial charge >= 0.3 is 0 Å². The van der Waals surface area contributed by atoms with E-state index in [1.165, 1.54) is 11.3 Å². The monoisotopic (exact) mass is 304 g/mol. The Morgan fingerprint density at radius 1 is 1.52 bits per heavy atom. The van der Waals surface area contributed by atoms with Crippen LogP contribution in [0.25, 0.3) is 0 Å². The van der Waals surface area contributed by atoms with Crippen LogP contribution in [0.15, 0.2) is 12.1 Å². The minimum atomic E-state index is -0.0819. The second-order valence-corrected chi connectivity index (χ2v) is 6.45. The number of hydrogen-bond donors (Lipinski definition) is 3. The number of carbonyl (C=O) groups is 1.